The fourth-order valence-corrected chi connectivity index (χ4v) is 4.33. The number of hydrogen-bond donors (Lipinski definition) is 0. The molecule has 170 valence electrons. The molecule has 0 fully saturated rings. The van der Waals surface area contributed by atoms with Crippen LogP contribution in [0, 0.1) is 0 Å². The predicted octanol–water partition coefficient (Wildman–Crippen LogP) is 3.54. The zero-order chi connectivity index (χ0) is 23.7. The molecule has 34 heavy (non-hydrogen) atoms. The summed E-state index contributed by atoms with van der Waals surface area (Å²) in [7, 11) is 2.90. The SMILES string of the molecule is COc1ncc(C2=C(c3cn(CCc4ccccc4)c4ncccc34)C(=O)CC2=O)c(OC)n1. The van der Waals surface area contributed by atoms with Crippen molar-refractivity contribution in [2.75, 3.05) is 14.2 Å². The number of nitrogens with zero attached hydrogens (tertiary/aromatic N) is 4. The summed E-state index contributed by atoms with van der Waals surface area (Å²) in [6.07, 6.45) is 5.69. The summed E-state index contributed by atoms with van der Waals surface area (Å²) in [6.45, 7) is 0.678. The van der Waals surface area contributed by atoms with E-state index in [0.717, 1.165) is 17.5 Å². The van der Waals surface area contributed by atoms with Gasteiger partial charge in [0, 0.05) is 47.2 Å². The number of benzene rings is 1. The molecular weight excluding hydrogens is 432 g/mol. The van der Waals surface area contributed by atoms with Crippen LogP contribution in [0.2, 0.25) is 0 Å². The van der Waals surface area contributed by atoms with Crippen LogP contribution >= 0.6 is 0 Å². The summed E-state index contributed by atoms with van der Waals surface area (Å²) in [6, 6.07) is 14.0. The second-order valence-electron chi connectivity index (χ2n) is 7.90. The van der Waals surface area contributed by atoms with Gasteiger partial charge in [0.25, 0.3) is 0 Å². The number of methoxy groups -OCH3 is 2. The largest absolute Gasteiger partial charge is 0.480 e. The Bertz CT molecular complexity index is 1440. The summed E-state index contributed by atoms with van der Waals surface area (Å²) in [5, 5.41) is 0.805. The smallest absolute Gasteiger partial charge is 0.319 e. The van der Waals surface area contributed by atoms with Gasteiger partial charge in [-0.2, -0.15) is 4.98 Å². The summed E-state index contributed by atoms with van der Waals surface area (Å²) < 4.78 is 12.5. The van der Waals surface area contributed by atoms with Crippen LogP contribution in [0.25, 0.3) is 22.2 Å². The number of Topliss-reactive ketones (excluding diaryl/α,β-unsaturated/α-hetero) is 2. The number of ether oxygens (including phenoxy) is 2. The third-order valence-corrected chi connectivity index (χ3v) is 5.89. The van der Waals surface area contributed by atoms with E-state index in [1.54, 1.807) is 6.20 Å². The van der Waals surface area contributed by atoms with E-state index in [9.17, 15) is 9.59 Å². The van der Waals surface area contributed by atoms with Gasteiger partial charge in [-0.3, -0.25) is 9.59 Å². The van der Waals surface area contributed by atoms with E-state index in [-0.39, 0.29) is 35.5 Å². The molecule has 4 aromatic rings. The Kier molecular flexibility index (Phi) is 5.63. The number of aryl methyl sites for hydroxylation is 2. The average molecular weight is 454 g/mol. The topological polar surface area (TPSA) is 96.2 Å². The van der Waals surface area contributed by atoms with Gasteiger partial charge < -0.3 is 14.0 Å². The molecule has 0 spiro atoms. The number of ketones is 2. The first kappa shape index (κ1) is 21.5. The molecule has 0 atom stereocenters. The molecule has 3 heterocycles. The Labute approximate surface area is 195 Å². The second-order valence-corrected chi connectivity index (χ2v) is 7.90. The van der Waals surface area contributed by atoms with Crippen LogP contribution in [0.3, 0.4) is 0 Å². The fraction of sp³-hybridized carbons (Fsp3) is 0.192. The lowest BCUT2D eigenvalue weighted by atomic mass is 9.97. The fourth-order valence-electron chi connectivity index (χ4n) is 4.33. The van der Waals surface area contributed by atoms with E-state index in [2.05, 4.69) is 27.1 Å². The maximum atomic E-state index is 13.1. The lowest BCUT2D eigenvalue weighted by molar-refractivity contribution is -0.119. The number of fused-ring (bicyclic) bond motifs is 1. The highest BCUT2D eigenvalue weighted by Crippen LogP contribution is 2.41. The standard InChI is InChI=1S/C26H22N4O4/c1-33-25-18(14-28-26(29-25)34-2)22-20(31)13-21(32)23(22)19-15-30(24-17(19)9-6-11-27-24)12-10-16-7-4-3-5-8-16/h3-9,11,14-15H,10,12-13H2,1-2H3. The van der Waals surface area contributed by atoms with Gasteiger partial charge in [-0.1, -0.05) is 30.3 Å². The molecule has 0 aliphatic heterocycles. The van der Waals surface area contributed by atoms with E-state index in [0.29, 0.717) is 23.2 Å². The lowest BCUT2D eigenvalue weighted by Crippen LogP contribution is -2.03. The van der Waals surface area contributed by atoms with E-state index in [1.807, 2.05) is 41.1 Å². The molecule has 8 nitrogen and oxygen atoms in total. The summed E-state index contributed by atoms with van der Waals surface area (Å²) >= 11 is 0. The van der Waals surface area contributed by atoms with E-state index >= 15 is 0 Å². The molecule has 8 heteroatoms. The minimum atomic E-state index is -0.291. The van der Waals surface area contributed by atoms with E-state index < -0.39 is 0 Å². The van der Waals surface area contributed by atoms with Crippen molar-refractivity contribution in [2.24, 2.45) is 0 Å². The van der Waals surface area contributed by atoms with Crippen molar-refractivity contribution >= 4 is 33.7 Å². The van der Waals surface area contributed by atoms with Crippen molar-refractivity contribution in [3.05, 3.63) is 77.7 Å². The number of hydrogen-bond acceptors (Lipinski definition) is 7. The van der Waals surface area contributed by atoms with Crippen molar-refractivity contribution in [1.82, 2.24) is 19.5 Å². The Hall–Kier alpha value is -4.33. The molecule has 0 N–H and O–H groups in total. The molecule has 3 aromatic heterocycles. The number of carbonyl (C=O) groups excluding carboxylic acids is 2. The normalized spacial score (nSPS) is 13.7. The molecule has 0 saturated carbocycles. The van der Waals surface area contributed by atoms with Crippen LogP contribution in [0.5, 0.6) is 11.9 Å². The molecule has 0 saturated heterocycles. The molecular formula is C26H22N4O4. The Morgan fingerprint density at radius 3 is 2.41 bits per heavy atom. The highest BCUT2D eigenvalue weighted by atomic mass is 16.5. The number of aromatic nitrogens is 4. The lowest BCUT2D eigenvalue weighted by Gasteiger charge is -2.10. The van der Waals surface area contributed by atoms with Crippen LogP contribution in [-0.2, 0) is 22.6 Å². The monoisotopic (exact) mass is 454 g/mol. The van der Waals surface area contributed by atoms with E-state index in [4.69, 9.17) is 9.47 Å². The third-order valence-electron chi connectivity index (χ3n) is 5.89. The highest BCUT2D eigenvalue weighted by molar-refractivity contribution is 6.51. The molecule has 1 aromatic carbocycles. The van der Waals surface area contributed by atoms with Crippen LogP contribution in [0.15, 0.2) is 61.1 Å². The Morgan fingerprint density at radius 2 is 1.68 bits per heavy atom. The van der Waals surface area contributed by atoms with Crippen LogP contribution in [-0.4, -0.2) is 45.3 Å². The molecule has 0 bridgehead atoms. The van der Waals surface area contributed by atoms with Gasteiger partial charge in [0.05, 0.1) is 26.2 Å². The molecule has 1 aliphatic rings. The minimum absolute atomic E-state index is 0.112. The van der Waals surface area contributed by atoms with Gasteiger partial charge in [0.1, 0.15) is 5.65 Å². The van der Waals surface area contributed by atoms with Gasteiger partial charge >= 0.3 is 6.01 Å². The molecule has 1 aliphatic carbocycles. The van der Waals surface area contributed by atoms with Crippen LogP contribution in [0.1, 0.15) is 23.1 Å². The van der Waals surface area contributed by atoms with Gasteiger partial charge in [-0.05, 0) is 24.1 Å². The molecule has 0 unspecified atom stereocenters. The summed E-state index contributed by atoms with van der Waals surface area (Å²) in [5.74, 6) is -0.363. The zero-order valence-corrected chi connectivity index (χ0v) is 18.8. The average Bonchev–Trinajstić information content (AvgIpc) is 3.38. The van der Waals surface area contributed by atoms with Gasteiger partial charge in [0.2, 0.25) is 5.88 Å². The minimum Gasteiger partial charge on any atom is -0.480 e. The number of pyridine rings is 1. The number of rotatable bonds is 7. The molecule has 0 amide bonds. The highest BCUT2D eigenvalue weighted by Gasteiger charge is 2.36. The summed E-state index contributed by atoms with van der Waals surface area (Å²) in [4.78, 5) is 39.0. The maximum Gasteiger partial charge on any atom is 0.319 e. The third kappa shape index (κ3) is 3.73. The molecule has 0 radical (unpaired) electrons. The van der Waals surface area contributed by atoms with Crippen LogP contribution in [0.4, 0.5) is 0 Å². The quantitative estimate of drug-likeness (QED) is 0.394. The summed E-state index contributed by atoms with van der Waals surface area (Å²) in [5.41, 5.74) is 3.59. The number of allylic oxidation sites excluding steroid dienone is 2. The van der Waals surface area contributed by atoms with Crippen LogP contribution < -0.4 is 9.47 Å². The maximum absolute atomic E-state index is 13.1. The van der Waals surface area contributed by atoms with Gasteiger partial charge in [0.15, 0.2) is 11.6 Å². The zero-order valence-electron chi connectivity index (χ0n) is 18.8. The first-order valence-electron chi connectivity index (χ1n) is 10.8. The van der Waals surface area contributed by atoms with Crippen molar-refractivity contribution in [3.8, 4) is 11.9 Å². The number of carbonyl (C=O) groups is 2. The predicted molar refractivity (Wildman–Crippen MR) is 126 cm³/mol. The van der Waals surface area contributed by atoms with Crippen molar-refractivity contribution in [2.45, 2.75) is 19.4 Å². The van der Waals surface area contributed by atoms with Gasteiger partial charge in [-0.25, -0.2) is 9.97 Å². The van der Waals surface area contributed by atoms with Crippen molar-refractivity contribution in [3.63, 3.8) is 0 Å². The second kappa shape index (κ2) is 8.90. The van der Waals surface area contributed by atoms with Crippen molar-refractivity contribution in [1.29, 1.82) is 0 Å². The Morgan fingerprint density at radius 1 is 0.912 bits per heavy atom. The first-order valence-corrected chi connectivity index (χ1v) is 10.8. The Balaban J connectivity index is 1.66. The van der Waals surface area contributed by atoms with E-state index in [1.165, 1.54) is 26.0 Å². The van der Waals surface area contributed by atoms with Gasteiger partial charge in [-0.15, -0.1) is 0 Å². The molecule has 5 rings (SSSR count). The first-order chi connectivity index (χ1) is 16.6. The van der Waals surface area contributed by atoms with Crippen molar-refractivity contribution < 1.29 is 19.1 Å².